The predicted molar refractivity (Wildman–Crippen MR) is 110 cm³/mol. The molecule has 1 fully saturated rings. The van der Waals surface area contributed by atoms with E-state index in [0.29, 0.717) is 33.3 Å². The molecule has 1 amide bonds. The number of hydrogen-bond acceptors (Lipinski definition) is 6. The fraction of sp³-hybridized carbons (Fsp3) is 0.238. The van der Waals surface area contributed by atoms with Gasteiger partial charge in [0.25, 0.3) is 5.91 Å². The van der Waals surface area contributed by atoms with Gasteiger partial charge in [0.05, 0.1) is 17.3 Å². The summed E-state index contributed by atoms with van der Waals surface area (Å²) in [5, 5.41) is 18.6. The molecule has 0 bridgehead atoms. The number of aromatic hydroxyl groups is 1. The van der Waals surface area contributed by atoms with Crippen molar-refractivity contribution in [2.24, 2.45) is 11.5 Å². The summed E-state index contributed by atoms with van der Waals surface area (Å²) in [7, 11) is 0. The Hall–Kier alpha value is -3.52. The summed E-state index contributed by atoms with van der Waals surface area (Å²) in [6.07, 6.45) is 3.46. The van der Waals surface area contributed by atoms with Crippen LogP contribution in [0.5, 0.6) is 5.75 Å². The minimum Gasteiger partial charge on any atom is -0.508 e. The monoisotopic (exact) mass is 390 g/mol. The van der Waals surface area contributed by atoms with E-state index in [0.717, 1.165) is 25.9 Å². The minimum absolute atomic E-state index is 0.000615. The lowest BCUT2D eigenvalue weighted by Gasteiger charge is -2.17. The number of phenolic OH excluding ortho intramolecular Hbond substituents is 1. The number of benzene rings is 2. The molecule has 1 saturated heterocycles. The highest BCUT2D eigenvalue weighted by molar-refractivity contribution is 5.98. The van der Waals surface area contributed by atoms with Crippen LogP contribution in [-0.4, -0.2) is 44.8 Å². The van der Waals surface area contributed by atoms with Gasteiger partial charge in [-0.05, 0) is 43.2 Å². The Labute approximate surface area is 167 Å². The van der Waals surface area contributed by atoms with Crippen molar-refractivity contribution in [3.63, 3.8) is 0 Å². The van der Waals surface area contributed by atoms with Crippen molar-refractivity contribution >= 4 is 22.6 Å². The number of phenols is 1. The summed E-state index contributed by atoms with van der Waals surface area (Å²) >= 11 is 0. The standard InChI is InChI=1S/C21H22N6O2/c22-18(15-9-12(20(23)24)4-6-17(15)28)19-14-5-3-13(10-16(14)25-11-26-19)21(29)27-7-1-2-8-27/h3-6,9-11,18,28H,1-2,7-8,22H2,(H3,23,24). The van der Waals surface area contributed by atoms with E-state index in [9.17, 15) is 9.90 Å². The lowest BCUT2D eigenvalue weighted by Crippen LogP contribution is -2.27. The molecule has 6 N–H and O–H groups in total. The van der Waals surface area contributed by atoms with E-state index in [1.54, 1.807) is 30.3 Å². The Balaban J connectivity index is 1.74. The van der Waals surface area contributed by atoms with Crippen LogP contribution in [0.25, 0.3) is 10.9 Å². The molecular weight excluding hydrogens is 368 g/mol. The first-order valence-corrected chi connectivity index (χ1v) is 9.42. The Bertz CT molecular complexity index is 1110. The minimum atomic E-state index is -0.750. The van der Waals surface area contributed by atoms with Crippen molar-refractivity contribution in [1.29, 1.82) is 5.41 Å². The second kappa shape index (κ2) is 7.48. The highest BCUT2D eigenvalue weighted by atomic mass is 16.3. The Kier molecular flexibility index (Phi) is 4.85. The zero-order chi connectivity index (χ0) is 20.5. The van der Waals surface area contributed by atoms with Gasteiger partial charge in [0.15, 0.2) is 0 Å². The number of amidine groups is 1. The van der Waals surface area contributed by atoms with Gasteiger partial charge in [-0.1, -0.05) is 6.07 Å². The normalized spacial score (nSPS) is 14.9. The van der Waals surface area contributed by atoms with Crippen LogP contribution in [0.2, 0.25) is 0 Å². The molecule has 4 rings (SSSR count). The number of nitrogens with one attached hydrogen (secondary N) is 1. The third-order valence-electron chi connectivity index (χ3n) is 5.28. The zero-order valence-corrected chi connectivity index (χ0v) is 15.8. The van der Waals surface area contributed by atoms with Gasteiger partial charge in [0, 0.05) is 35.2 Å². The topological polar surface area (TPSA) is 142 Å². The number of likely N-dealkylation sites (tertiary alicyclic amines) is 1. The van der Waals surface area contributed by atoms with Crippen LogP contribution < -0.4 is 11.5 Å². The number of amides is 1. The maximum absolute atomic E-state index is 12.7. The molecule has 0 aliphatic carbocycles. The van der Waals surface area contributed by atoms with E-state index < -0.39 is 6.04 Å². The van der Waals surface area contributed by atoms with Gasteiger partial charge in [0.1, 0.15) is 17.9 Å². The third-order valence-corrected chi connectivity index (χ3v) is 5.28. The van der Waals surface area contributed by atoms with Crippen LogP contribution in [0.4, 0.5) is 0 Å². The molecule has 1 aromatic heterocycles. The number of rotatable bonds is 4. The summed E-state index contributed by atoms with van der Waals surface area (Å²) in [5.41, 5.74) is 14.6. The number of nitrogen functional groups attached to an aromatic ring is 1. The summed E-state index contributed by atoms with van der Waals surface area (Å²) < 4.78 is 0. The van der Waals surface area contributed by atoms with Gasteiger partial charge in [-0.15, -0.1) is 0 Å². The van der Waals surface area contributed by atoms with E-state index >= 15 is 0 Å². The maximum Gasteiger partial charge on any atom is 0.253 e. The Morgan fingerprint density at radius 3 is 2.55 bits per heavy atom. The van der Waals surface area contributed by atoms with Gasteiger partial charge >= 0.3 is 0 Å². The van der Waals surface area contributed by atoms with Crippen LogP contribution in [0.3, 0.4) is 0 Å². The average Bonchev–Trinajstić information content (AvgIpc) is 3.27. The molecule has 148 valence electrons. The first-order valence-electron chi connectivity index (χ1n) is 9.42. The van der Waals surface area contributed by atoms with Crippen molar-refractivity contribution in [2.75, 3.05) is 13.1 Å². The Morgan fingerprint density at radius 1 is 1.10 bits per heavy atom. The molecule has 2 heterocycles. The zero-order valence-electron chi connectivity index (χ0n) is 15.8. The van der Waals surface area contributed by atoms with E-state index in [1.807, 2.05) is 4.90 Å². The van der Waals surface area contributed by atoms with Crippen LogP contribution in [0.1, 0.15) is 46.1 Å². The highest BCUT2D eigenvalue weighted by Crippen LogP contribution is 2.31. The molecule has 0 radical (unpaired) electrons. The molecule has 0 spiro atoms. The second-order valence-electron chi connectivity index (χ2n) is 7.16. The van der Waals surface area contributed by atoms with E-state index in [-0.39, 0.29) is 17.5 Å². The van der Waals surface area contributed by atoms with Crippen LogP contribution >= 0.6 is 0 Å². The summed E-state index contributed by atoms with van der Waals surface area (Å²) in [6.45, 7) is 1.56. The van der Waals surface area contributed by atoms with Gasteiger partial charge in [0.2, 0.25) is 0 Å². The summed E-state index contributed by atoms with van der Waals surface area (Å²) in [5.74, 6) is -0.119. The number of aromatic nitrogens is 2. The number of nitrogens with zero attached hydrogens (tertiary/aromatic N) is 3. The number of fused-ring (bicyclic) bond motifs is 1. The van der Waals surface area contributed by atoms with Gasteiger partial charge < -0.3 is 21.5 Å². The first kappa shape index (κ1) is 18.8. The van der Waals surface area contributed by atoms with E-state index in [4.69, 9.17) is 16.9 Å². The van der Waals surface area contributed by atoms with Gasteiger partial charge in [-0.25, -0.2) is 9.97 Å². The van der Waals surface area contributed by atoms with E-state index in [1.165, 1.54) is 12.4 Å². The van der Waals surface area contributed by atoms with Crippen molar-refractivity contribution < 1.29 is 9.90 Å². The third kappa shape index (κ3) is 3.50. The lowest BCUT2D eigenvalue weighted by atomic mass is 9.97. The van der Waals surface area contributed by atoms with Crippen molar-refractivity contribution in [1.82, 2.24) is 14.9 Å². The molecule has 29 heavy (non-hydrogen) atoms. The molecule has 3 aromatic rings. The number of nitrogens with two attached hydrogens (primary N) is 2. The molecular formula is C21H22N6O2. The van der Waals surface area contributed by atoms with Crippen LogP contribution in [0.15, 0.2) is 42.7 Å². The summed E-state index contributed by atoms with van der Waals surface area (Å²) in [6, 6.07) is 9.15. The van der Waals surface area contributed by atoms with Crippen LogP contribution in [0, 0.1) is 5.41 Å². The number of hydrogen-bond donors (Lipinski definition) is 4. The van der Waals surface area contributed by atoms with Gasteiger partial charge in [-0.3, -0.25) is 10.2 Å². The van der Waals surface area contributed by atoms with Crippen molar-refractivity contribution in [3.05, 3.63) is 65.1 Å². The predicted octanol–water partition coefficient (Wildman–Crippen LogP) is 1.90. The summed E-state index contributed by atoms with van der Waals surface area (Å²) in [4.78, 5) is 23.1. The molecule has 1 aliphatic heterocycles. The lowest BCUT2D eigenvalue weighted by molar-refractivity contribution is 0.0793. The van der Waals surface area contributed by atoms with Crippen molar-refractivity contribution in [2.45, 2.75) is 18.9 Å². The molecule has 1 aliphatic rings. The highest BCUT2D eigenvalue weighted by Gasteiger charge is 2.22. The molecule has 8 nitrogen and oxygen atoms in total. The maximum atomic E-state index is 12.7. The SMILES string of the molecule is N=C(N)c1ccc(O)c(C(N)c2ncnc3cc(C(=O)N4CCCC4)ccc23)c1. The molecule has 1 atom stereocenters. The fourth-order valence-electron chi connectivity index (χ4n) is 3.68. The van der Waals surface area contributed by atoms with Crippen molar-refractivity contribution in [3.8, 4) is 5.75 Å². The number of carbonyl (C=O) groups is 1. The molecule has 0 saturated carbocycles. The first-order chi connectivity index (χ1) is 14.0. The molecule has 1 unspecified atom stereocenters. The quantitative estimate of drug-likeness (QED) is 0.396. The largest absolute Gasteiger partial charge is 0.508 e. The second-order valence-corrected chi connectivity index (χ2v) is 7.16. The smallest absolute Gasteiger partial charge is 0.253 e. The number of carbonyl (C=O) groups excluding carboxylic acids is 1. The molecule has 8 heteroatoms. The average molecular weight is 390 g/mol. The van der Waals surface area contributed by atoms with E-state index in [2.05, 4.69) is 9.97 Å². The molecule has 2 aromatic carbocycles. The Morgan fingerprint density at radius 2 is 1.83 bits per heavy atom. The van der Waals surface area contributed by atoms with Crippen LogP contribution in [-0.2, 0) is 0 Å². The van der Waals surface area contributed by atoms with Gasteiger partial charge in [-0.2, -0.15) is 0 Å². The fourth-order valence-corrected chi connectivity index (χ4v) is 3.68.